The number of halogens is 5. The van der Waals surface area contributed by atoms with Crippen LogP contribution in [-0.2, 0) is 6.18 Å². The van der Waals surface area contributed by atoms with Crippen molar-refractivity contribution in [3.8, 4) is 0 Å². The van der Waals surface area contributed by atoms with E-state index in [1.54, 1.807) is 0 Å². The van der Waals surface area contributed by atoms with Gasteiger partial charge in [0.15, 0.2) is 0 Å². The fraction of sp³-hybridized carbons (Fsp3) is 0.500. The van der Waals surface area contributed by atoms with Crippen LogP contribution in [0.25, 0.3) is 0 Å². The largest absolute Gasteiger partial charge is 0.417 e. The zero-order valence-electron chi connectivity index (χ0n) is 8.83. The Morgan fingerprint density at radius 2 is 1.94 bits per heavy atom. The molecule has 2 rings (SSSR count). The number of alkyl halides is 3. The van der Waals surface area contributed by atoms with E-state index < -0.39 is 11.7 Å². The first-order chi connectivity index (χ1) is 7.07. The first kappa shape index (κ1) is 16.5. The summed E-state index contributed by atoms with van der Waals surface area (Å²) in [6, 6.07) is 2.57. The van der Waals surface area contributed by atoms with Crippen LogP contribution >= 0.6 is 24.8 Å². The predicted molar refractivity (Wildman–Crippen MR) is 64.0 cm³/mol. The molecule has 1 atom stereocenters. The van der Waals surface area contributed by atoms with E-state index >= 15 is 0 Å². The monoisotopic (exact) mass is 288 g/mol. The topological polar surface area (TPSA) is 24.9 Å². The minimum Gasteiger partial charge on any atom is -0.316 e. The standard InChI is InChI=1S/C10H11F3N2.2ClH/c11-10(12,13)8-1-2-9(15-6-8)7-3-4-14-5-7;;/h1-2,6-7,14H,3-5H2;2*1H. The second-order valence-corrected chi connectivity index (χ2v) is 3.66. The quantitative estimate of drug-likeness (QED) is 0.859. The van der Waals surface area contributed by atoms with Crippen molar-refractivity contribution in [3.63, 3.8) is 0 Å². The summed E-state index contributed by atoms with van der Waals surface area (Å²) >= 11 is 0. The number of nitrogens with zero attached hydrogens (tertiary/aromatic N) is 1. The van der Waals surface area contributed by atoms with Crippen molar-refractivity contribution in [1.29, 1.82) is 0 Å². The maximum Gasteiger partial charge on any atom is 0.417 e. The lowest BCUT2D eigenvalue weighted by Crippen LogP contribution is -2.10. The molecule has 1 aromatic rings. The van der Waals surface area contributed by atoms with Crippen LogP contribution in [0.3, 0.4) is 0 Å². The van der Waals surface area contributed by atoms with Crippen LogP contribution in [0.15, 0.2) is 18.3 Å². The highest BCUT2D eigenvalue weighted by Gasteiger charge is 2.31. The first-order valence-electron chi connectivity index (χ1n) is 4.81. The molecule has 1 aliphatic heterocycles. The highest BCUT2D eigenvalue weighted by molar-refractivity contribution is 5.85. The van der Waals surface area contributed by atoms with Gasteiger partial charge in [-0.3, -0.25) is 4.98 Å². The first-order valence-corrected chi connectivity index (χ1v) is 4.81. The molecule has 2 heterocycles. The molecule has 1 aliphatic rings. The molecule has 17 heavy (non-hydrogen) atoms. The van der Waals surface area contributed by atoms with E-state index in [1.807, 2.05) is 0 Å². The van der Waals surface area contributed by atoms with E-state index in [-0.39, 0.29) is 30.7 Å². The Morgan fingerprint density at radius 1 is 1.24 bits per heavy atom. The van der Waals surface area contributed by atoms with Crippen LogP contribution in [0.1, 0.15) is 23.6 Å². The van der Waals surface area contributed by atoms with Gasteiger partial charge in [0, 0.05) is 24.4 Å². The number of pyridine rings is 1. The van der Waals surface area contributed by atoms with E-state index in [0.717, 1.165) is 37.5 Å². The van der Waals surface area contributed by atoms with Gasteiger partial charge in [-0.05, 0) is 25.1 Å². The molecule has 7 heteroatoms. The Bertz CT molecular complexity index is 334. The maximum atomic E-state index is 12.2. The molecule has 1 fully saturated rings. The molecule has 98 valence electrons. The highest BCUT2D eigenvalue weighted by atomic mass is 35.5. The second kappa shape index (κ2) is 6.42. The van der Waals surface area contributed by atoms with Crippen molar-refractivity contribution in [2.24, 2.45) is 0 Å². The van der Waals surface area contributed by atoms with Crippen molar-refractivity contribution >= 4 is 24.8 Å². The third-order valence-electron chi connectivity index (χ3n) is 2.59. The minimum absolute atomic E-state index is 0. The molecule has 1 unspecified atom stereocenters. The SMILES string of the molecule is Cl.Cl.FC(F)(F)c1ccc(C2CCNC2)nc1. The molecule has 1 N–H and O–H groups in total. The van der Waals surface area contributed by atoms with Crippen LogP contribution in [-0.4, -0.2) is 18.1 Å². The van der Waals surface area contributed by atoms with Gasteiger partial charge >= 0.3 is 6.18 Å². The van der Waals surface area contributed by atoms with Crippen LogP contribution in [0.5, 0.6) is 0 Å². The average molecular weight is 289 g/mol. The van der Waals surface area contributed by atoms with Crippen LogP contribution in [0, 0.1) is 0 Å². The molecule has 0 aromatic carbocycles. The number of rotatable bonds is 1. The normalized spacial score (nSPS) is 19.4. The zero-order valence-corrected chi connectivity index (χ0v) is 10.5. The average Bonchev–Trinajstić information content (AvgIpc) is 2.69. The van der Waals surface area contributed by atoms with E-state index in [0.29, 0.717) is 0 Å². The van der Waals surface area contributed by atoms with Gasteiger partial charge in [-0.15, -0.1) is 24.8 Å². The van der Waals surface area contributed by atoms with E-state index in [4.69, 9.17) is 0 Å². The van der Waals surface area contributed by atoms with Crippen molar-refractivity contribution in [2.45, 2.75) is 18.5 Å². The summed E-state index contributed by atoms with van der Waals surface area (Å²) in [6.07, 6.45) is -2.44. The lowest BCUT2D eigenvalue weighted by molar-refractivity contribution is -0.137. The number of hydrogen-bond acceptors (Lipinski definition) is 2. The molecule has 1 saturated heterocycles. The van der Waals surface area contributed by atoms with Crippen LogP contribution in [0.2, 0.25) is 0 Å². The van der Waals surface area contributed by atoms with Gasteiger partial charge in [-0.2, -0.15) is 13.2 Å². The molecule has 0 spiro atoms. The van der Waals surface area contributed by atoms with Gasteiger partial charge in [0.05, 0.1) is 5.56 Å². The van der Waals surface area contributed by atoms with Gasteiger partial charge in [-0.25, -0.2) is 0 Å². The Balaban J connectivity index is 0.00000128. The second-order valence-electron chi connectivity index (χ2n) is 3.66. The molecule has 0 radical (unpaired) electrons. The van der Waals surface area contributed by atoms with Crippen molar-refractivity contribution in [3.05, 3.63) is 29.6 Å². The molecular formula is C10H13Cl2F3N2. The molecular weight excluding hydrogens is 276 g/mol. The zero-order chi connectivity index (χ0) is 10.9. The summed E-state index contributed by atoms with van der Waals surface area (Å²) in [4.78, 5) is 3.87. The molecule has 0 bridgehead atoms. The lowest BCUT2D eigenvalue weighted by Gasteiger charge is -2.10. The summed E-state index contributed by atoms with van der Waals surface area (Å²) in [5.41, 5.74) is 0.0604. The predicted octanol–water partition coefficient (Wildman–Crippen LogP) is 3.02. The smallest absolute Gasteiger partial charge is 0.316 e. The number of aromatic nitrogens is 1. The van der Waals surface area contributed by atoms with Gasteiger partial charge in [-0.1, -0.05) is 0 Å². The minimum atomic E-state index is -4.29. The Hall–Kier alpha value is -0.520. The van der Waals surface area contributed by atoms with Gasteiger partial charge in [0.1, 0.15) is 0 Å². The lowest BCUT2D eigenvalue weighted by atomic mass is 10.0. The molecule has 0 amide bonds. The fourth-order valence-electron chi connectivity index (χ4n) is 1.72. The summed E-state index contributed by atoms with van der Waals surface area (Å²) in [7, 11) is 0. The molecule has 2 nitrogen and oxygen atoms in total. The molecule has 0 saturated carbocycles. The van der Waals surface area contributed by atoms with Crippen LogP contribution in [0.4, 0.5) is 13.2 Å². The van der Waals surface area contributed by atoms with E-state index in [1.165, 1.54) is 6.07 Å². The summed E-state index contributed by atoms with van der Waals surface area (Å²) in [5.74, 6) is 0.257. The van der Waals surface area contributed by atoms with E-state index in [2.05, 4.69) is 10.3 Å². The summed E-state index contributed by atoms with van der Waals surface area (Å²) in [6.45, 7) is 1.71. The fourth-order valence-corrected chi connectivity index (χ4v) is 1.72. The molecule has 1 aromatic heterocycles. The highest BCUT2D eigenvalue weighted by Crippen LogP contribution is 2.29. The third-order valence-corrected chi connectivity index (χ3v) is 2.59. The number of nitrogens with one attached hydrogen (secondary N) is 1. The third kappa shape index (κ3) is 4.01. The van der Waals surface area contributed by atoms with Crippen molar-refractivity contribution < 1.29 is 13.2 Å². The van der Waals surface area contributed by atoms with Crippen molar-refractivity contribution in [2.75, 3.05) is 13.1 Å². The van der Waals surface area contributed by atoms with Gasteiger partial charge < -0.3 is 5.32 Å². The Kier molecular flexibility index (Phi) is 6.23. The summed E-state index contributed by atoms with van der Waals surface area (Å²) < 4.78 is 36.7. The van der Waals surface area contributed by atoms with Crippen molar-refractivity contribution in [1.82, 2.24) is 10.3 Å². The van der Waals surface area contributed by atoms with Gasteiger partial charge in [0.2, 0.25) is 0 Å². The number of hydrogen-bond donors (Lipinski definition) is 1. The molecule has 0 aliphatic carbocycles. The summed E-state index contributed by atoms with van der Waals surface area (Å²) in [5, 5.41) is 3.15. The van der Waals surface area contributed by atoms with Gasteiger partial charge in [0.25, 0.3) is 0 Å². The van der Waals surface area contributed by atoms with E-state index in [9.17, 15) is 13.2 Å². The Morgan fingerprint density at radius 3 is 2.35 bits per heavy atom. The maximum absolute atomic E-state index is 12.2. The van der Waals surface area contributed by atoms with Crippen LogP contribution < -0.4 is 5.32 Å². The Labute approximate surface area is 110 Å².